The van der Waals surface area contributed by atoms with Crippen LogP contribution in [0.3, 0.4) is 0 Å². The molecule has 4 aromatic carbocycles. The number of sulfonamides is 1. The van der Waals surface area contributed by atoms with Crippen molar-refractivity contribution in [2.24, 2.45) is 0 Å². The molecule has 7 nitrogen and oxygen atoms in total. The number of nitrogens with zero attached hydrogens (tertiary/aromatic N) is 2. The lowest BCUT2D eigenvalue weighted by molar-refractivity contribution is -0.140. The fourth-order valence-electron chi connectivity index (χ4n) is 4.93. The zero-order valence-electron chi connectivity index (χ0n) is 25.8. The van der Waals surface area contributed by atoms with Crippen molar-refractivity contribution < 1.29 is 18.0 Å². The molecule has 11 heteroatoms. The van der Waals surface area contributed by atoms with Crippen molar-refractivity contribution >= 4 is 62.3 Å². The summed E-state index contributed by atoms with van der Waals surface area (Å²) in [5.41, 5.74) is 2.08. The molecule has 2 amide bonds. The van der Waals surface area contributed by atoms with Crippen LogP contribution in [0.25, 0.3) is 0 Å². The number of hydrogen-bond acceptors (Lipinski definition) is 4. The Morgan fingerprint density at radius 1 is 0.848 bits per heavy atom. The number of benzene rings is 4. The maximum atomic E-state index is 14.6. The largest absolute Gasteiger partial charge is 0.352 e. The molecule has 2 atom stereocenters. The first kappa shape index (κ1) is 35.3. The SMILES string of the molecule is CC[C@H](C)NC(=O)[C@@H](Cc1ccccc1)N(Cc1c(Cl)cccc1Cl)C(=O)CN(c1cc(Cl)ccc1C)S(=O)(=O)c1ccccc1. The number of rotatable bonds is 13. The maximum Gasteiger partial charge on any atom is 0.264 e. The monoisotopic (exact) mass is 699 g/mol. The van der Waals surface area contributed by atoms with Crippen LogP contribution in [0.2, 0.25) is 15.1 Å². The number of carbonyl (C=O) groups excluding carboxylic acids is 2. The quantitative estimate of drug-likeness (QED) is 0.155. The summed E-state index contributed by atoms with van der Waals surface area (Å²) in [5.74, 6) is -1.01. The van der Waals surface area contributed by atoms with Crippen LogP contribution >= 0.6 is 34.8 Å². The van der Waals surface area contributed by atoms with E-state index in [1.165, 1.54) is 23.1 Å². The molecule has 0 bridgehead atoms. The maximum absolute atomic E-state index is 14.6. The van der Waals surface area contributed by atoms with Crippen molar-refractivity contribution in [3.63, 3.8) is 0 Å². The number of aryl methyl sites for hydroxylation is 1. The van der Waals surface area contributed by atoms with Crippen LogP contribution in [0.5, 0.6) is 0 Å². The Balaban J connectivity index is 1.87. The number of halogens is 3. The first-order valence-electron chi connectivity index (χ1n) is 14.8. The minimum Gasteiger partial charge on any atom is -0.352 e. The molecule has 0 spiro atoms. The number of hydrogen-bond donors (Lipinski definition) is 1. The van der Waals surface area contributed by atoms with Crippen LogP contribution < -0.4 is 9.62 Å². The van der Waals surface area contributed by atoms with Crippen LogP contribution in [0.1, 0.15) is 37.0 Å². The molecular formula is C35H36Cl3N3O4S. The second kappa shape index (κ2) is 15.8. The summed E-state index contributed by atoms with van der Waals surface area (Å²) in [6, 6.07) is 25.8. The topological polar surface area (TPSA) is 86.8 Å². The highest BCUT2D eigenvalue weighted by atomic mass is 35.5. The second-order valence-electron chi connectivity index (χ2n) is 11.0. The van der Waals surface area contributed by atoms with Gasteiger partial charge in [-0.05, 0) is 67.8 Å². The smallest absolute Gasteiger partial charge is 0.264 e. The molecule has 0 saturated carbocycles. The Morgan fingerprint density at radius 3 is 2.07 bits per heavy atom. The average Bonchev–Trinajstić information content (AvgIpc) is 3.04. The van der Waals surface area contributed by atoms with Gasteiger partial charge in [-0.1, -0.05) is 102 Å². The van der Waals surface area contributed by atoms with Crippen molar-refractivity contribution in [2.75, 3.05) is 10.8 Å². The van der Waals surface area contributed by atoms with Crippen LogP contribution in [-0.2, 0) is 32.6 Å². The van der Waals surface area contributed by atoms with Gasteiger partial charge >= 0.3 is 0 Å². The van der Waals surface area contributed by atoms with Gasteiger partial charge in [-0.25, -0.2) is 8.42 Å². The Kier molecular flexibility index (Phi) is 12.1. The average molecular weight is 701 g/mol. The molecule has 1 N–H and O–H groups in total. The highest BCUT2D eigenvalue weighted by Gasteiger charge is 2.36. The molecule has 0 aliphatic carbocycles. The van der Waals surface area contributed by atoms with E-state index in [9.17, 15) is 18.0 Å². The molecule has 0 aromatic heterocycles. The molecule has 0 aliphatic heterocycles. The van der Waals surface area contributed by atoms with E-state index >= 15 is 0 Å². The molecule has 0 fully saturated rings. The highest BCUT2D eigenvalue weighted by molar-refractivity contribution is 7.92. The Bertz CT molecular complexity index is 1750. The minimum absolute atomic E-state index is 0.00165. The van der Waals surface area contributed by atoms with Crippen molar-refractivity contribution in [1.82, 2.24) is 10.2 Å². The predicted octanol–water partition coefficient (Wildman–Crippen LogP) is 7.71. The van der Waals surface area contributed by atoms with Crippen molar-refractivity contribution in [3.05, 3.63) is 129 Å². The molecule has 0 radical (unpaired) electrons. The summed E-state index contributed by atoms with van der Waals surface area (Å²) in [4.78, 5) is 30.0. The lowest BCUT2D eigenvalue weighted by atomic mass is 10.0. The third kappa shape index (κ3) is 8.62. The van der Waals surface area contributed by atoms with E-state index in [2.05, 4.69) is 5.32 Å². The summed E-state index contributed by atoms with van der Waals surface area (Å²) >= 11 is 19.5. The van der Waals surface area contributed by atoms with Gasteiger partial charge in [0.25, 0.3) is 10.0 Å². The van der Waals surface area contributed by atoms with Crippen LogP contribution in [-0.4, -0.2) is 43.8 Å². The summed E-state index contributed by atoms with van der Waals surface area (Å²) < 4.78 is 29.4. The van der Waals surface area contributed by atoms with Gasteiger partial charge in [0.05, 0.1) is 10.6 Å². The third-order valence-corrected chi connectivity index (χ3v) is 10.4. The molecule has 0 saturated heterocycles. The Morgan fingerprint density at radius 2 is 1.46 bits per heavy atom. The lowest BCUT2D eigenvalue weighted by Gasteiger charge is -2.35. The van der Waals surface area contributed by atoms with Gasteiger partial charge < -0.3 is 10.2 Å². The van der Waals surface area contributed by atoms with E-state index in [1.807, 2.05) is 44.2 Å². The lowest BCUT2D eigenvalue weighted by Crippen LogP contribution is -2.54. The van der Waals surface area contributed by atoms with E-state index in [-0.39, 0.29) is 35.5 Å². The Labute approximate surface area is 286 Å². The molecular weight excluding hydrogens is 665 g/mol. The number of amides is 2. The van der Waals surface area contributed by atoms with Gasteiger partial charge in [-0.15, -0.1) is 0 Å². The first-order chi connectivity index (χ1) is 21.9. The van der Waals surface area contributed by atoms with Gasteiger partial charge in [-0.3, -0.25) is 13.9 Å². The summed E-state index contributed by atoms with van der Waals surface area (Å²) in [5, 5.41) is 3.93. The van der Waals surface area contributed by atoms with E-state index in [4.69, 9.17) is 34.8 Å². The second-order valence-corrected chi connectivity index (χ2v) is 14.1. The fourth-order valence-corrected chi connectivity index (χ4v) is 7.11. The minimum atomic E-state index is -4.26. The van der Waals surface area contributed by atoms with Gasteiger partial charge in [0, 0.05) is 39.6 Å². The molecule has 4 aromatic rings. The van der Waals surface area contributed by atoms with Gasteiger partial charge in [-0.2, -0.15) is 0 Å². The van der Waals surface area contributed by atoms with Crippen molar-refractivity contribution in [3.8, 4) is 0 Å². The zero-order valence-corrected chi connectivity index (χ0v) is 28.9. The number of carbonyl (C=O) groups is 2. The van der Waals surface area contributed by atoms with E-state index in [0.29, 0.717) is 32.6 Å². The summed E-state index contributed by atoms with van der Waals surface area (Å²) in [7, 11) is -4.26. The van der Waals surface area contributed by atoms with E-state index < -0.39 is 28.5 Å². The van der Waals surface area contributed by atoms with Crippen LogP contribution in [0.15, 0.2) is 102 Å². The molecule has 242 valence electrons. The number of nitrogens with one attached hydrogen (secondary N) is 1. The molecule has 46 heavy (non-hydrogen) atoms. The molecule has 0 unspecified atom stereocenters. The molecule has 0 aliphatic rings. The normalized spacial score (nSPS) is 12.7. The van der Waals surface area contributed by atoms with E-state index in [0.717, 1.165) is 9.87 Å². The van der Waals surface area contributed by atoms with Crippen LogP contribution in [0, 0.1) is 6.92 Å². The van der Waals surface area contributed by atoms with Gasteiger partial charge in [0.1, 0.15) is 12.6 Å². The van der Waals surface area contributed by atoms with Crippen LogP contribution in [0.4, 0.5) is 5.69 Å². The number of anilines is 1. The zero-order chi connectivity index (χ0) is 33.4. The first-order valence-corrected chi connectivity index (χ1v) is 17.4. The van der Waals surface area contributed by atoms with Crippen molar-refractivity contribution in [1.29, 1.82) is 0 Å². The van der Waals surface area contributed by atoms with Gasteiger partial charge in [0.2, 0.25) is 11.8 Å². The molecule has 4 rings (SSSR count). The van der Waals surface area contributed by atoms with E-state index in [1.54, 1.807) is 55.5 Å². The standard InChI is InChI=1S/C35H36Cl3N3O4S/c1-4-25(3)39-35(43)33(20-26-12-7-5-8-13-26)40(22-29-30(37)16-11-17-31(29)38)34(42)23-41(32-21-27(36)19-18-24(32)2)46(44,45)28-14-9-6-10-15-28/h5-19,21,25,33H,4,20,22-23H2,1-3H3,(H,39,43)/t25-,33+/m0/s1. The third-order valence-electron chi connectivity index (χ3n) is 7.71. The summed E-state index contributed by atoms with van der Waals surface area (Å²) in [6.45, 7) is 4.80. The fraction of sp³-hybridized carbons (Fsp3) is 0.257. The predicted molar refractivity (Wildman–Crippen MR) is 186 cm³/mol. The Hall–Kier alpha value is -3.56. The van der Waals surface area contributed by atoms with Gasteiger partial charge in [0.15, 0.2) is 0 Å². The highest BCUT2D eigenvalue weighted by Crippen LogP contribution is 2.31. The summed E-state index contributed by atoms with van der Waals surface area (Å²) in [6.07, 6.45) is 0.837. The van der Waals surface area contributed by atoms with Crippen molar-refractivity contribution in [2.45, 2.75) is 57.1 Å². The molecule has 0 heterocycles.